The summed E-state index contributed by atoms with van der Waals surface area (Å²) in [6.07, 6.45) is 5.52. The van der Waals surface area contributed by atoms with Gasteiger partial charge in [-0.3, -0.25) is 14.5 Å². The van der Waals surface area contributed by atoms with Crippen molar-refractivity contribution in [2.24, 2.45) is 5.41 Å². The van der Waals surface area contributed by atoms with Gasteiger partial charge in [-0.2, -0.15) is 0 Å². The van der Waals surface area contributed by atoms with Crippen molar-refractivity contribution >= 4 is 18.0 Å². The molecule has 0 unspecified atom stereocenters. The number of rotatable bonds is 5. The minimum Gasteiger partial charge on any atom is -0.468 e. The highest BCUT2D eigenvalue weighted by atomic mass is 16.5. The van der Waals surface area contributed by atoms with E-state index < -0.39 is 5.41 Å². The summed E-state index contributed by atoms with van der Waals surface area (Å²) in [5.41, 5.74) is 0.324. The van der Waals surface area contributed by atoms with Crippen molar-refractivity contribution in [1.82, 2.24) is 9.80 Å². The van der Waals surface area contributed by atoms with E-state index in [1.165, 1.54) is 12.7 Å². The lowest BCUT2D eigenvalue weighted by Gasteiger charge is -2.35. The van der Waals surface area contributed by atoms with Gasteiger partial charge < -0.3 is 9.64 Å². The van der Waals surface area contributed by atoms with Crippen LogP contribution >= 0.6 is 0 Å². The van der Waals surface area contributed by atoms with Gasteiger partial charge in [0.25, 0.3) is 0 Å². The number of amides is 1. The number of ether oxygens (including phenoxy) is 1. The van der Waals surface area contributed by atoms with Crippen molar-refractivity contribution in [2.75, 3.05) is 39.8 Å². The predicted octanol–water partition coefficient (Wildman–Crippen LogP) is 1.80. The summed E-state index contributed by atoms with van der Waals surface area (Å²) in [5.74, 6) is -0.422. The summed E-state index contributed by atoms with van der Waals surface area (Å²) >= 11 is 0. The maximum absolute atomic E-state index is 12.6. The normalized spacial score (nSPS) is 20.1. The fourth-order valence-electron chi connectivity index (χ4n) is 3.16. The maximum atomic E-state index is 12.6. The Kier molecular flexibility index (Phi) is 5.00. The third kappa shape index (κ3) is 3.51. The minimum atomic E-state index is -0.871. The number of esters is 1. The summed E-state index contributed by atoms with van der Waals surface area (Å²) in [7, 11) is 1.35. The molecule has 2 aliphatic rings. The van der Waals surface area contributed by atoms with Crippen LogP contribution in [0, 0.1) is 5.41 Å². The number of benzene rings is 1. The van der Waals surface area contributed by atoms with E-state index in [-0.39, 0.29) is 11.9 Å². The largest absolute Gasteiger partial charge is 0.468 e. The number of piperazine rings is 1. The summed E-state index contributed by atoms with van der Waals surface area (Å²) in [6, 6.07) is 10.2. The van der Waals surface area contributed by atoms with Crippen LogP contribution in [0.5, 0.6) is 0 Å². The Morgan fingerprint density at radius 1 is 1.12 bits per heavy atom. The SMILES string of the molecule is COC(=O)C1(C(=O)N2CCN(C/C=C/c3ccccc3)CC2)CC1. The maximum Gasteiger partial charge on any atom is 0.321 e. The molecule has 1 aliphatic heterocycles. The van der Waals surface area contributed by atoms with E-state index in [4.69, 9.17) is 4.74 Å². The second-order valence-electron chi connectivity index (χ2n) is 6.48. The average Bonchev–Trinajstić information content (AvgIpc) is 3.44. The van der Waals surface area contributed by atoms with E-state index in [0.29, 0.717) is 25.9 Å². The molecule has 24 heavy (non-hydrogen) atoms. The van der Waals surface area contributed by atoms with Crippen LogP contribution in [0.1, 0.15) is 18.4 Å². The van der Waals surface area contributed by atoms with Gasteiger partial charge in [0, 0.05) is 32.7 Å². The summed E-state index contributed by atoms with van der Waals surface area (Å²) in [5, 5.41) is 0. The Morgan fingerprint density at radius 2 is 1.79 bits per heavy atom. The molecule has 0 radical (unpaired) electrons. The van der Waals surface area contributed by atoms with E-state index in [0.717, 1.165) is 19.6 Å². The van der Waals surface area contributed by atoms with Crippen LogP contribution < -0.4 is 0 Å². The summed E-state index contributed by atoms with van der Waals surface area (Å²) in [4.78, 5) is 28.6. The van der Waals surface area contributed by atoms with E-state index in [9.17, 15) is 9.59 Å². The van der Waals surface area contributed by atoms with Crippen LogP contribution in [0.15, 0.2) is 36.4 Å². The molecule has 1 saturated heterocycles. The topological polar surface area (TPSA) is 49.9 Å². The van der Waals surface area contributed by atoms with Gasteiger partial charge in [0.15, 0.2) is 0 Å². The number of methoxy groups -OCH3 is 1. The lowest BCUT2D eigenvalue weighted by Crippen LogP contribution is -2.52. The van der Waals surface area contributed by atoms with Crippen LogP contribution in [-0.4, -0.2) is 61.5 Å². The number of hydrogen-bond acceptors (Lipinski definition) is 4. The third-order valence-electron chi connectivity index (χ3n) is 4.87. The molecular formula is C19H24N2O3. The lowest BCUT2D eigenvalue weighted by molar-refractivity contribution is -0.156. The van der Waals surface area contributed by atoms with Gasteiger partial charge in [-0.15, -0.1) is 0 Å². The number of carbonyl (C=O) groups excluding carboxylic acids is 2. The molecule has 3 rings (SSSR count). The van der Waals surface area contributed by atoms with Crippen molar-refractivity contribution in [3.05, 3.63) is 42.0 Å². The molecule has 2 fully saturated rings. The second-order valence-corrected chi connectivity index (χ2v) is 6.48. The van der Waals surface area contributed by atoms with Crippen molar-refractivity contribution < 1.29 is 14.3 Å². The van der Waals surface area contributed by atoms with E-state index in [1.54, 1.807) is 0 Å². The third-order valence-corrected chi connectivity index (χ3v) is 4.87. The molecule has 0 atom stereocenters. The highest BCUT2D eigenvalue weighted by molar-refractivity contribution is 6.05. The van der Waals surface area contributed by atoms with Crippen molar-refractivity contribution in [1.29, 1.82) is 0 Å². The molecule has 1 amide bonds. The van der Waals surface area contributed by atoms with Crippen LogP contribution in [0.2, 0.25) is 0 Å². The molecule has 5 nitrogen and oxygen atoms in total. The molecule has 1 aliphatic carbocycles. The highest BCUT2D eigenvalue weighted by Gasteiger charge is 2.59. The predicted molar refractivity (Wildman–Crippen MR) is 92.2 cm³/mol. The van der Waals surface area contributed by atoms with Crippen molar-refractivity contribution in [3.8, 4) is 0 Å². The van der Waals surface area contributed by atoms with Crippen molar-refractivity contribution in [3.63, 3.8) is 0 Å². The van der Waals surface area contributed by atoms with Crippen molar-refractivity contribution in [2.45, 2.75) is 12.8 Å². The van der Waals surface area contributed by atoms with Gasteiger partial charge >= 0.3 is 5.97 Å². The molecule has 1 aromatic carbocycles. The van der Waals surface area contributed by atoms with Crippen LogP contribution in [0.3, 0.4) is 0 Å². The zero-order valence-corrected chi connectivity index (χ0v) is 14.1. The van der Waals surface area contributed by atoms with Gasteiger partial charge in [0.1, 0.15) is 5.41 Å². The van der Waals surface area contributed by atoms with Gasteiger partial charge in [0.05, 0.1) is 7.11 Å². The van der Waals surface area contributed by atoms with E-state index >= 15 is 0 Å². The number of carbonyl (C=O) groups is 2. The van der Waals surface area contributed by atoms with Crippen LogP contribution in [-0.2, 0) is 14.3 Å². The minimum absolute atomic E-state index is 0.0474. The smallest absolute Gasteiger partial charge is 0.321 e. The molecule has 1 heterocycles. The molecule has 1 saturated carbocycles. The number of nitrogens with zero attached hydrogens (tertiary/aromatic N) is 2. The first kappa shape index (κ1) is 16.7. The van der Waals surface area contributed by atoms with Gasteiger partial charge in [-0.05, 0) is 18.4 Å². The Morgan fingerprint density at radius 3 is 2.38 bits per heavy atom. The first-order chi connectivity index (χ1) is 11.7. The Hall–Kier alpha value is -2.14. The zero-order chi connectivity index (χ0) is 17.0. The second kappa shape index (κ2) is 7.18. The quantitative estimate of drug-likeness (QED) is 0.611. The lowest BCUT2D eigenvalue weighted by atomic mass is 10.1. The summed E-state index contributed by atoms with van der Waals surface area (Å²) < 4.78 is 4.80. The zero-order valence-electron chi connectivity index (χ0n) is 14.1. The highest BCUT2D eigenvalue weighted by Crippen LogP contribution is 2.48. The average molecular weight is 328 g/mol. The molecule has 0 aromatic heterocycles. The monoisotopic (exact) mass is 328 g/mol. The molecule has 5 heteroatoms. The Bertz CT molecular complexity index is 615. The van der Waals surface area contributed by atoms with Crippen LogP contribution in [0.25, 0.3) is 6.08 Å². The molecule has 0 spiro atoms. The molecule has 0 N–H and O–H groups in total. The molecule has 0 bridgehead atoms. The fraction of sp³-hybridized carbons (Fsp3) is 0.474. The Labute approximate surface area is 142 Å². The first-order valence-corrected chi connectivity index (χ1v) is 8.47. The Balaban J connectivity index is 1.47. The van der Waals surface area contributed by atoms with E-state index in [2.05, 4.69) is 29.2 Å². The van der Waals surface area contributed by atoms with Gasteiger partial charge in [-0.1, -0.05) is 42.5 Å². The molecule has 128 valence electrons. The van der Waals surface area contributed by atoms with Crippen LogP contribution in [0.4, 0.5) is 0 Å². The molecule has 1 aromatic rings. The number of hydrogen-bond donors (Lipinski definition) is 0. The van der Waals surface area contributed by atoms with Gasteiger partial charge in [-0.25, -0.2) is 0 Å². The molecular weight excluding hydrogens is 304 g/mol. The fourth-order valence-corrected chi connectivity index (χ4v) is 3.16. The van der Waals surface area contributed by atoms with E-state index in [1.807, 2.05) is 23.1 Å². The first-order valence-electron chi connectivity index (χ1n) is 8.47. The standard InChI is InChI=1S/C19H24N2O3/c1-24-18(23)19(9-10-19)17(22)21-14-12-20(13-15-21)11-5-8-16-6-3-2-4-7-16/h2-8H,9-15H2,1H3/b8-5+. The van der Waals surface area contributed by atoms with Gasteiger partial charge in [0.2, 0.25) is 5.91 Å². The summed E-state index contributed by atoms with van der Waals surface area (Å²) in [6.45, 7) is 3.90.